The Hall–Kier alpha value is -3.20. The number of aryl methyl sites for hydroxylation is 1. The minimum atomic E-state index is -1.30. The Labute approximate surface area is 174 Å². The molecule has 2 heterocycles. The van der Waals surface area contributed by atoms with Gasteiger partial charge in [0, 0.05) is 24.8 Å². The van der Waals surface area contributed by atoms with Gasteiger partial charge in [-0.3, -0.25) is 10.7 Å². The quantitative estimate of drug-likeness (QED) is 0.380. The van der Waals surface area contributed by atoms with Gasteiger partial charge >= 0.3 is 6.03 Å². The molecule has 1 aromatic heterocycles. The lowest BCUT2D eigenvalue weighted by atomic mass is 9.92. The Morgan fingerprint density at radius 3 is 2.47 bits per heavy atom. The summed E-state index contributed by atoms with van der Waals surface area (Å²) in [5.74, 6) is 0.158. The summed E-state index contributed by atoms with van der Waals surface area (Å²) in [7, 11) is 0. The summed E-state index contributed by atoms with van der Waals surface area (Å²) in [5.41, 5.74) is 6.85. The average molecular weight is 414 g/mol. The summed E-state index contributed by atoms with van der Waals surface area (Å²) < 4.78 is 13.2. The van der Waals surface area contributed by atoms with Crippen molar-refractivity contribution >= 4 is 23.4 Å². The van der Waals surface area contributed by atoms with Crippen molar-refractivity contribution in [3.8, 4) is 0 Å². The monoisotopic (exact) mass is 414 g/mol. The van der Waals surface area contributed by atoms with Crippen LogP contribution in [0.4, 0.5) is 20.7 Å². The molecule has 0 spiro atoms. The molecule has 2 amide bonds. The van der Waals surface area contributed by atoms with Crippen molar-refractivity contribution in [2.75, 3.05) is 24.1 Å². The molecule has 9 heteroatoms. The van der Waals surface area contributed by atoms with Gasteiger partial charge in [-0.1, -0.05) is 12.1 Å². The Balaban J connectivity index is 1.75. The zero-order valence-corrected chi connectivity index (χ0v) is 17.3. The van der Waals surface area contributed by atoms with Crippen molar-refractivity contribution in [2.45, 2.75) is 38.8 Å². The van der Waals surface area contributed by atoms with E-state index in [-0.39, 0.29) is 5.82 Å². The smallest absolute Gasteiger partial charge is 0.320 e. The van der Waals surface area contributed by atoms with Gasteiger partial charge in [0.05, 0.1) is 22.9 Å². The highest BCUT2D eigenvalue weighted by Crippen LogP contribution is 2.27. The number of aliphatic hydroxyl groups is 1. The highest BCUT2D eigenvalue weighted by molar-refractivity contribution is 6.03. The molecule has 3 rings (SSSR count). The molecule has 0 aliphatic carbocycles. The van der Waals surface area contributed by atoms with Gasteiger partial charge in [0.15, 0.2) is 0 Å². The summed E-state index contributed by atoms with van der Waals surface area (Å²) in [6.07, 6.45) is 1.05. The topological polar surface area (TPSA) is 127 Å². The Morgan fingerprint density at radius 2 is 1.97 bits per heavy atom. The lowest BCUT2D eigenvalue weighted by Gasteiger charge is -2.34. The number of nitrogens with two attached hydrogens (primary N) is 1. The predicted molar refractivity (Wildman–Crippen MR) is 114 cm³/mol. The van der Waals surface area contributed by atoms with Crippen LogP contribution in [0.5, 0.6) is 0 Å². The third-order valence-electron chi connectivity index (χ3n) is 5.07. The third-order valence-corrected chi connectivity index (χ3v) is 5.07. The maximum absolute atomic E-state index is 13.2. The molecular weight excluding hydrogens is 387 g/mol. The molecule has 1 atom stereocenters. The first kappa shape index (κ1) is 21.5. The molecule has 0 bridgehead atoms. The largest absolute Gasteiger partial charge is 0.398 e. The molecule has 30 heavy (non-hydrogen) atoms. The zero-order valence-electron chi connectivity index (χ0n) is 17.3. The molecule has 6 N–H and O–H groups in total. The number of nitrogens with zero attached hydrogens (tertiary/aromatic N) is 2. The number of aromatic nitrogens is 1. The lowest BCUT2D eigenvalue weighted by Crippen LogP contribution is -2.44. The molecule has 1 aromatic carbocycles. The Morgan fingerprint density at radius 1 is 1.33 bits per heavy atom. The summed E-state index contributed by atoms with van der Waals surface area (Å²) in [6.45, 7) is 6.49. The molecule has 1 fully saturated rings. The number of carbonyl (C=O) groups excluding carboxylic acids is 1. The third kappa shape index (κ3) is 4.68. The molecular formula is C21H27FN6O2. The van der Waals surface area contributed by atoms with Crippen LogP contribution in [-0.2, 0) is 0 Å². The number of likely N-dealkylation sites (tertiary alicyclic amines) is 1. The number of anilines is 2. The minimum Gasteiger partial charge on any atom is -0.398 e. The van der Waals surface area contributed by atoms with Crippen molar-refractivity contribution < 1.29 is 14.3 Å². The fourth-order valence-corrected chi connectivity index (χ4v) is 3.37. The van der Waals surface area contributed by atoms with E-state index in [0.29, 0.717) is 28.3 Å². The highest BCUT2D eigenvalue weighted by atomic mass is 19.1. The van der Waals surface area contributed by atoms with E-state index in [0.717, 1.165) is 19.5 Å². The number of nitrogen functional groups attached to an aromatic ring is 1. The van der Waals surface area contributed by atoms with Crippen molar-refractivity contribution in [3.63, 3.8) is 0 Å². The summed E-state index contributed by atoms with van der Waals surface area (Å²) in [4.78, 5) is 18.8. The SMILES string of the molecule is Cc1nc(NC(=O)N[C@@H](c2ccc(F)cc2)C(C)(C)O)cc(N)c1C(=N)N1CCC1. The van der Waals surface area contributed by atoms with E-state index >= 15 is 0 Å². The number of urea groups is 1. The number of hydrogen-bond acceptors (Lipinski definition) is 5. The number of hydrogen-bond donors (Lipinski definition) is 5. The van der Waals surface area contributed by atoms with Crippen molar-refractivity contribution in [1.29, 1.82) is 5.41 Å². The normalized spacial score (nSPS) is 14.6. The summed E-state index contributed by atoms with van der Waals surface area (Å²) in [5, 5.41) is 24.1. The summed E-state index contributed by atoms with van der Waals surface area (Å²) >= 11 is 0. The molecule has 2 aromatic rings. The zero-order chi connectivity index (χ0) is 22.1. The number of rotatable bonds is 5. The van der Waals surface area contributed by atoms with Gasteiger partial charge in [-0.15, -0.1) is 0 Å². The van der Waals surface area contributed by atoms with Crippen LogP contribution in [-0.4, -0.2) is 45.5 Å². The first-order valence-corrected chi connectivity index (χ1v) is 9.72. The number of amidine groups is 1. The standard InChI is InChI=1S/C21H27FN6O2/c1-12-17(19(24)28-9-4-10-28)15(23)11-16(25-12)26-20(29)27-18(21(2,3)30)13-5-7-14(22)8-6-13/h5-8,11,18,24,30H,4,9-10H2,1-3H3,(H4,23,25,26,27,29)/t18-/m0/s1. The van der Waals surface area contributed by atoms with Crippen LogP contribution in [0.3, 0.4) is 0 Å². The van der Waals surface area contributed by atoms with Crippen LogP contribution in [0.15, 0.2) is 30.3 Å². The molecule has 1 aliphatic rings. The van der Waals surface area contributed by atoms with E-state index in [1.54, 1.807) is 20.8 Å². The number of benzene rings is 1. The maximum Gasteiger partial charge on any atom is 0.320 e. The van der Waals surface area contributed by atoms with E-state index in [1.165, 1.54) is 30.3 Å². The number of halogens is 1. The molecule has 0 unspecified atom stereocenters. The first-order chi connectivity index (χ1) is 14.1. The maximum atomic E-state index is 13.2. The lowest BCUT2D eigenvalue weighted by molar-refractivity contribution is 0.0415. The molecule has 1 saturated heterocycles. The number of pyridine rings is 1. The van der Waals surface area contributed by atoms with Gasteiger partial charge < -0.3 is 21.1 Å². The van der Waals surface area contributed by atoms with E-state index < -0.39 is 23.5 Å². The van der Waals surface area contributed by atoms with Crippen LogP contribution in [0.2, 0.25) is 0 Å². The van der Waals surface area contributed by atoms with E-state index in [1.807, 2.05) is 4.90 Å². The fourth-order valence-electron chi connectivity index (χ4n) is 3.37. The second-order valence-corrected chi connectivity index (χ2v) is 7.98. The van der Waals surface area contributed by atoms with Gasteiger partial charge in [0.25, 0.3) is 0 Å². The van der Waals surface area contributed by atoms with Crippen molar-refractivity contribution in [3.05, 3.63) is 53.0 Å². The molecule has 1 aliphatic heterocycles. The second kappa shape index (κ2) is 8.27. The van der Waals surface area contributed by atoms with Crippen LogP contribution < -0.4 is 16.4 Å². The predicted octanol–water partition coefficient (Wildman–Crippen LogP) is 2.78. The van der Waals surface area contributed by atoms with Crippen molar-refractivity contribution in [1.82, 2.24) is 15.2 Å². The van der Waals surface area contributed by atoms with Gasteiger partial charge in [-0.05, 0) is 44.9 Å². The van der Waals surface area contributed by atoms with E-state index in [9.17, 15) is 14.3 Å². The van der Waals surface area contributed by atoms with Crippen LogP contribution in [0.25, 0.3) is 0 Å². The van der Waals surface area contributed by atoms with Gasteiger partial charge in [0.1, 0.15) is 17.5 Å². The minimum absolute atomic E-state index is 0.233. The van der Waals surface area contributed by atoms with Crippen LogP contribution in [0, 0.1) is 18.2 Å². The fraction of sp³-hybridized carbons (Fsp3) is 0.381. The van der Waals surface area contributed by atoms with Crippen LogP contribution >= 0.6 is 0 Å². The average Bonchev–Trinajstić information content (AvgIpc) is 2.57. The molecule has 8 nitrogen and oxygen atoms in total. The number of carbonyl (C=O) groups is 1. The van der Waals surface area contributed by atoms with Gasteiger partial charge in [-0.25, -0.2) is 14.2 Å². The summed E-state index contributed by atoms with van der Waals surface area (Å²) in [6, 6.07) is 5.69. The highest BCUT2D eigenvalue weighted by Gasteiger charge is 2.30. The molecule has 0 radical (unpaired) electrons. The number of nitrogens with one attached hydrogen (secondary N) is 3. The Kier molecular flexibility index (Phi) is 5.93. The van der Waals surface area contributed by atoms with E-state index in [4.69, 9.17) is 11.1 Å². The Bertz CT molecular complexity index is 928. The van der Waals surface area contributed by atoms with Crippen molar-refractivity contribution in [2.24, 2.45) is 0 Å². The second-order valence-electron chi connectivity index (χ2n) is 7.98. The van der Waals surface area contributed by atoms with Crippen LogP contribution in [0.1, 0.15) is 43.1 Å². The first-order valence-electron chi connectivity index (χ1n) is 9.72. The number of amides is 2. The van der Waals surface area contributed by atoms with Gasteiger partial charge in [-0.2, -0.15) is 0 Å². The molecule has 0 saturated carbocycles. The molecule has 160 valence electrons. The van der Waals surface area contributed by atoms with Gasteiger partial charge in [0.2, 0.25) is 0 Å². The van der Waals surface area contributed by atoms with E-state index in [2.05, 4.69) is 15.6 Å².